The van der Waals surface area contributed by atoms with Crippen LogP contribution in [0, 0.1) is 0 Å². The van der Waals surface area contributed by atoms with Gasteiger partial charge >= 0.3 is 5.97 Å². The SMILES string of the molecule is C/C=C(/CC1CO1)C(=O)O. The van der Waals surface area contributed by atoms with Gasteiger partial charge in [0.25, 0.3) is 0 Å². The van der Waals surface area contributed by atoms with E-state index < -0.39 is 5.97 Å². The van der Waals surface area contributed by atoms with Crippen LogP contribution in [0.1, 0.15) is 13.3 Å². The van der Waals surface area contributed by atoms with Crippen molar-refractivity contribution in [3.05, 3.63) is 11.6 Å². The van der Waals surface area contributed by atoms with Crippen LogP contribution < -0.4 is 0 Å². The Bertz CT molecular complexity index is 168. The van der Waals surface area contributed by atoms with Crippen LogP contribution in [0.5, 0.6) is 0 Å². The first kappa shape index (κ1) is 7.28. The molecule has 1 saturated heterocycles. The van der Waals surface area contributed by atoms with Crippen LogP contribution in [0.2, 0.25) is 0 Å². The molecule has 1 aliphatic heterocycles. The van der Waals surface area contributed by atoms with Crippen molar-refractivity contribution in [1.29, 1.82) is 0 Å². The quantitative estimate of drug-likeness (QED) is 0.468. The van der Waals surface area contributed by atoms with E-state index in [-0.39, 0.29) is 6.10 Å². The third-order valence-electron chi connectivity index (χ3n) is 1.47. The second kappa shape index (κ2) is 2.84. The average Bonchev–Trinajstić information content (AvgIpc) is 2.64. The first-order chi connectivity index (χ1) is 4.74. The van der Waals surface area contributed by atoms with E-state index in [1.54, 1.807) is 13.0 Å². The van der Waals surface area contributed by atoms with Gasteiger partial charge in [0.05, 0.1) is 12.7 Å². The minimum Gasteiger partial charge on any atom is -0.478 e. The van der Waals surface area contributed by atoms with Gasteiger partial charge in [-0.1, -0.05) is 6.08 Å². The third kappa shape index (κ3) is 1.84. The molecule has 0 saturated carbocycles. The number of carbonyl (C=O) groups is 1. The van der Waals surface area contributed by atoms with E-state index in [2.05, 4.69) is 0 Å². The molecule has 0 aromatic carbocycles. The molecule has 1 heterocycles. The van der Waals surface area contributed by atoms with Crippen molar-refractivity contribution in [1.82, 2.24) is 0 Å². The van der Waals surface area contributed by atoms with Gasteiger partial charge in [0, 0.05) is 12.0 Å². The van der Waals surface area contributed by atoms with Gasteiger partial charge in [-0.3, -0.25) is 0 Å². The lowest BCUT2D eigenvalue weighted by molar-refractivity contribution is -0.132. The van der Waals surface area contributed by atoms with Gasteiger partial charge in [-0.05, 0) is 6.92 Å². The van der Waals surface area contributed by atoms with Crippen LogP contribution >= 0.6 is 0 Å². The fourth-order valence-corrected chi connectivity index (χ4v) is 0.760. The Labute approximate surface area is 59.3 Å². The summed E-state index contributed by atoms with van der Waals surface area (Å²) in [6.07, 6.45) is 2.33. The number of hydrogen-bond donors (Lipinski definition) is 1. The molecular weight excluding hydrogens is 132 g/mol. The molecule has 0 bridgehead atoms. The highest BCUT2D eigenvalue weighted by Crippen LogP contribution is 2.18. The normalized spacial score (nSPS) is 24.5. The second-order valence-electron chi connectivity index (χ2n) is 2.28. The molecule has 1 rings (SSSR count). The molecule has 1 unspecified atom stereocenters. The smallest absolute Gasteiger partial charge is 0.331 e. The zero-order valence-corrected chi connectivity index (χ0v) is 5.83. The van der Waals surface area contributed by atoms with Crippen LogP contribution in [-0.4, -0.2) is 23.8 Å². The summed E-state index contributed by atoms with van der Waals surface area (Å²) < 4.78 is 4.89. The number of carboxylic acids is 1. The molecule has 0 aromatic rings. The Balaban J connectivity index is 2.40. The Morgan fingerprint density at radius 1 is 1.90 bits per heavy atom. The van der Waals surface area contributed by atoms with Crippen LogP contribution in [-0.2, 0) is 9.53 Å². The summed E-state index contributed by atoms with van der Waals surface area (Å²) in [5.41, 5.74) is 0.447. The second-order valence-corrected chi connectivity index (χ2v) is 2.28. The van der Waals surface area contributed by atoms with Crippen molar-refractivity contribution in [3.8, 4) is 0 Å². The predicted octanol–water partition coefficient (Wildman–Crippen LogP) is 0.806. The van der Waals surface area contributed by atoms with Crippen molar-refractivity contribution in [3.63, 3.8) is 0 Å². The van der Waals surface area contributed by atoms with E-state index in [0.717, 1.165) is 0 Å². The largest absolute Gasteiger partial charge is 0.478 e. The predicted molar refractivity (Wildman–Crippen MR) is 35.7 cm³/mol. The van der Waals surface area contributed by atoms with E-state index in [1.807, 2.05) is 0 Å². The summed E-state index contributed by atoms with van der Waals surface area (Å²) in [6, 6.07) is 0. The van der Waals surface area contributed by atoms with E-state index in [0.29, 0.717) is 18.6 Å². The van der Waals surface area contributed by atoms with E-state index in [4.69, 9.17) is 9.84 Å². The zero-order chi connectivity index (χ0) is 7.56. The van der Waals surface area contributed by atoms with Gasteiger partial charge in [-0.2, -0.15) is 0 Å². The number of hydrogen-bond acceptors (Lipinski definition) is 2. The van der Waals surface area contributed by atoms with E-state index in [1.165, 1.54) is 0 Å². The molecular formula is C7H10O3. The Morgan fingerprint density at radius 2 is 2.50 bits per heavy atom. The average molecular weight is 142 g/mol. The topological polar surface area (TPSA) is 49.8 Å². The molecule has 10 heavy (non-hydrogen) atoms. The molecule has 0 amide bonds. The maximum atomic E-state index is 10.4. The van der Waals surface area contributed by atoms with Crippen LogP contribution in [0.15, 0.2) is 11.6 Å². The molecule has 3 nitrogen and oxygen atoms in total. The summed E-state index contributed by atoms with van der Waals surface area (Å²) in [6.45, 7) is 2.44. The van der Waals surface area contributed by atoms with Gasteiger partial charge in [0.1, 0.15) is 0 Å². The first-order valence-corrected chi connectivity index (χ1v) is 3.24. The minimum absolute atomic E-state index is 0.169. The van der Waals surface area contributed by atoms with Gasteiger partial charge in [-0.15, -0.1) is 0 Å². The first-order valence-electron chi connectivity index (χ1n) is 3.24. The molecule has 0 spiro atoms. The van der Waals surface area contributed by atoms with Gasteiger partial charge in [-0.25, -0.2) is 4.79 Å². The number of carboxylic acid groups (broad SMARTS) is 1. The standard InChI is InChI=1S/C7H10O3/c1-2-5(7(8)9)3-6-4-10-6/h2,6H,3-4H2,1H3,(H,8,9)/b5-2-. The van der Waals surface area contributed by atoms with Gasteiger partial charge in [0.15, 0.2) is 0 Å². The molecule has 3 heteroatoms. The summed E-state index contributed by atoms with van der Waals surface area (Å²) >= 11 is 0. The number of epoxide rings is 1. The number of aliphatic carboxylic acids is 1. The van der Waals surface area contributed by atoms with Crippen LogP contribution in [0.4, 0.5) is 0 Å². The minimum atomic E-state index is -0.835. The highest BCUT2D eigenvalue weighted by Gasteiger charge is 2.25. The number of allylic oxidation sites excluding steroid dienone is 1. The van der Waals surface area contributed by atoms with Crippen LogP contribution in [0.3, 0.4) is 0 Å². The number of ether oxygens (including phenoxy) is 1. The molecule has 0 radical (unpaired) electrons. The van der Waals surface area contributed by atoms with Crippen molar-refractivity contribution in [2.45, 2.75) is 19.4 Å². The molecule has 0 aromatic heterocycles. The lowest BCUT2D eigenvalue weighted by Crippen LogP contribution is -2.02. The fraction of sp³-hybridized carbons (Fsp3) is 0.571. The zero-order valence-electron chi connectivity index (χ0n) is 5.83. The molecule has 1 N–H and O–H groups in total. The molecule has 1 fully saturated rings. The monoisotopic (exact) mass is 142 g/mol. The van der Waals surface area contributed by atoms with Crippen molar-refractivity contribution < 1.29 is 14.6 Å². The summed E-state index contributed by atoms with van der Waals surface area (Å²) in [4.78, 5) is 10.4. The maximum Gasteiger partial charge on any atom is 0.331 e. The molecule has 1 atom stereocenters. The van der Waals surface area contributed by atoms with Crippen molar-refractivity contribution in [2.75, 3.05) is 6.61 Å². The highest BCUT2D eigenvalue weighted by atomic mass is 16.6. The third-order valence-corrected chi connectivity index (χ3v) is 1.47. The van der Waals surface area contributed by atoms with Gasteiger partial charge < -0.3 is 9.84 Å². The molecule has 56 valence electrons. The summed E-state index contributed by atoms with van der Waals surface area (Å²) in [7, 11) is 0. The lowest BCUT2D eigenvalue weighted by Gasteiger charge is -1.95. The van der Waals surface area contributed by atoms with Gasteiger partial charge in [0.2, 0.25) is 0 Å². The van der Waals surface area contributed by atoms with E-state index >= 15 is 0 Å². The Kier molecular flexibility index (Phi) is 2.06. The maximum absolute atomic E-state index is 10.4. The summed E-state index contributed by atoms with van der Waals surface area (Å²) in [5, 5.41) is 8.53. The lowest BCUT2D eigenvalue weighted by atomic mass is 10.1. The van der Waals surface area contributed by atoms with Crippen molar-refractivity contribution in [2.24, 2.45) is 0 Å². The fourth-order valence-electron chi connectivity index (χ4n) is 0.760. The molecule has 1 aliphatic rings. The highest BCUT2D eigenvalue weighted by molar-refractivity contribution is 5.86. The van der Waals surface area contributed by atoms with Crippen LogP contribution in [0.25, 0.3) is 0 Å². The van der Waals surface area contributed by atoms with Crippen molar-refractivity contribution >= 4 is 5.97 Å². The number of rotatable bonds is 3. The summed E-state index contributed by atoms with van der Waals surface area (Å²) in [5.74, 6) is -0.835. The Morgan fingerprint density at radius 3 is 2.80 bits per heavy atom. The van der Waals surface area contributed by atoms with E-state index in [9.17, 15) is 4.79 Å². The molecule has 0 aliphatic carbocycles. The Hall–Kier alpha value is -0.830.